The lowest BCUT2D eigenvalue weighted by Crippen LogP contribution is -2.21. The number of aryl methyl sites for hydroxylation is 2. The van der Waals surface area contributed by atoms with E-state index in [1.807, 2.05) is 6.20 Å². The summed E-state index contributed by atoms with van der Waals surface area (Å²) in [5.41, 5.74) is 7.80. The molecule has 6 heteroatoms. The summed E-state index contributed by atoms with van der Waals surface area (Å²) in [6.45, 7) is 10.0. The molecular weight excluding hydrogens is 462 g/mol. The highest BCUT2D eigenvalue weighted by molar-refractivity contribution is 5.82. The first-order chi connectivity index (χ1) is 17.6. The molecule has 2 aliphatic carbocycles. The summed E-state index contributed by atoms with van der Waals surface area (Å²) in [4.78, 5) is 20.8. The van der Waals surface area contributed by atoms with Crippen molar-refractivity contribution in [3.63, 3.8) is 0 Å². The van der Waals surface area contributed by atoms with Crippen molar-refractivity contribution in [1.29, 1.82) is 0 Å². The number of aromatic nitrogens is 2. The Morgan fingerprint density at radius 3 is 2.54 bits per heavy atom. The molecule has 0 radical (unpaired) electrons. The summed E-state index contributed by atoms with van der Waals surface area (Å²) >= 11 is 0. The number of Topliss-reactive ketones (excluding diaryl/α,β-unsaturated/α-hetero) is 1. The highest BCUT2D eigenvalue weighted by Crippen LogP contribution is 2.47. The van der Waals surface area contributed by atoms with Crippen molar-refractivity contribution >= 4 is 11.6 Å². The van der Waals surface area contributed by atoms with E-state index in [1.165, 1.54) is 33.4 Å². The van der Waals surface area contributed by atoms with Gasteiger partial charge in [-0.3, -0.25) is 9.78 Å². The van der Waals surface area contributed by atoms with Gasteiger partial charge >= 0.3 is 0 Å². The van der Waals surface area contributed by atoms with Gasteiger partial charge in [0.1, 0.15) is 17.4 Å². The summed E-state index contributed by atoms with van der Waals surface area (Å²) < 4.78 is 5.96. The Kier molecular flexibility index (Phi) is 6.80. The molecule has 0 unspecified atom stereocenters. The lowest BCUT2D eigenvalue weighted by atomic mass is 9.90. The predicted octanol–water partition coefficient (Wildman–Crippen LogP) is 6.09. The van der Waals surface area contributed by atoms with Gasteiger partial charge in [-0.05, 0) is 99.4 Å². The van der Waals surface area contributed by atoms with Crippen LogP contribution in [0.15, 0.2) is 42.7 Å². The van der Waals surface area contributed by atoms with Crippen molar-refractivity contribution in [3.05, 3.63) is 70.7 Å². The molecule has 0 saturated heterocycles. The maximum atomic E-state index is 11.6. The number of carbonyl (C=O) groups is 1. The van der Waals surface area contributed by atoms with E-state index in [0.29, 0.717) is 13.0 Å². The monoisotopic (exact) mass is 499 g/mol. The van der Waals surface area contributed by atoms with Gasteiger partial charge in [0.2, 0.25) is 0 Å². The van der Waals surface area contributed by atoms with Gasteiger partial charge in [-0.25, -0.2) is 4.98 Å². The van der Waals surface area contributed by atoms with Crippen LogP contribution in [0.2, 0.25) is 0 Å². The Labute approximate surface area is 219 Å². The zero-order valence-corrected chi connectivity index (χ0v) is 22.5. The standard InChI is InChI=1S/C31H37N3O3/c1-18-13-21(37-12-11-31(4,5)36)14-19(2)30(18)24-8-6-7-23-22(24)9-10-27(23)34-29-17-32-28(16-33-29)26-15-25(26)20(3)35/h6-8,13-14,16-17,25-27,36H,9-12,15H2,1-5H3,(H,33,34)/t25-,26+,27-/m1/s1. The number of nitrogens with one attached hydrogen (secondary N) is 1. The Morgan fingerprint density at radius 2 is 1.92 bits per heavy atom. The lowest BCUT2D eigenvalue weighted by Gasteiger charge is -2.19. The quantitative estimate of drug-likeness (QED) is 0.371. The van der Waals surface area contributed by atoms with Crippen molar-refractivity contribution in [3.8, 4) is 16.9 Å². The van der Waals surface area contributed by atoms with Crippen molar-refractivity contribution in [2.45, 2.75) is 77.9 Å². The van der Waals surface area contributed by atoms with Crippen LogP contribution in [-0.4, -0.2) is 33.1 Å². The minimum Gasteiger partial charge on any atom is -0.493 e. The topological polar surface area (TPSA) is 84.3 Å². The zero-order valence-electron chi connectivity index (χ0n) is 22.5. The first-order valence-corrected chi connectivity index (χ1v) is 13.3. The number of fused-ring (bicyclic) bond motifs is 1. The Hall–Kier alpha value is -3.25. The highest BCUT2D eigenvalue weighted by atomic mass is 16.5. The van der Waals surface area contributed by atoms with Gasteiger partial charge in [-0.1, -0.05) is 18.2 Å². The van der Waals surface area contributed by atoms with E-state index < -0.39 is 5.60 Å². The number of benzene rings is 2. The molecule has 5 rings (SSSR count). The van der Waals surface area contributed by atoms with Crippen LogP contribution in [0.5, 0.6) is 5.75 Å². The molecule has 1 heterocycles. The number of ketones is 1. The first kappa shape index (κ1) is 25.4. The minimum atomic E-state index is -0.734. The maximum Gasteiger partial charge on any atom is 0.144 e. The van der Waals surface area contributed by atoms with Gasteiger partial charge in [0.15, 0.2) is 0 Å². The number of carbonyl (C=O) groups excluding carboxylic acids is 1. The van der Waals surface area contributed by atoms with E-state index in [0.717, 1.165) is 36.5 Å². The van der Waals surface area contributed by atoms with Crippen LogP contribution in [0, 0.1) is 19.8 Å². The number of hydrogen-bond acceptors (Lipinski definition) is 6. The van der Waals surface area contributed by atoms with E-state index in [1.54, 1.807) is 27.0 Å². The molecule has 0 spiro atoms. The first-order valence-electron chi connectivity index (χ1n) is 13.3. The summed E-state index contributed by atoms with van der Waals surface area (Å²) in [5, 5.41) is 13.6. The van der Waals surface area contributed by atoms with Gasteiger partial charge < -0.3 is 15.2 Å². The molecule has 37 heavy (non-hydrogen) atoms. The van der Waals surface area contributed by atoms with Crippen LogP contribution < -0.4 is 10.1 Å². The summed E-state index contributed by atoms with van der Waals surface area (Å²) in [6.07, 6.45) is 7.10. The average molecular weight is 500 g/mol. The van der Waals surface area contributed by atoms with Crippen molar-refractivity contribution in [1.82, 2.24) is 9.97 Å². The van der Waals surface area contributed by atoms with Crippen LogP contribution in [0.3, 0.4) is 0 Å². The molecule has 1 saturated carbocycles. The molecule has 3 atom stereocenters. The molecule has 2 aromatic carbocycles. The largest absolute Gasteiger partial charge is 0.493 e. The van der Waals surface area contributed by atoms with Crippen LogP contribution >= 0.6 is 0 Å². The SMILES string of the molecule is CC(=O)[C@H]1C[C@@H]1c1cnc(N[C@@H]2CCc3c(-c4c(C)cc(OCCC(C)(C)O)cc4C)cccc32)cn1. The molecule has 1 fully saturated rings. The van der Waals surface area contributed by atoms with Crippen molar-refractivity contribution < 1.29 is 14.6 Å². The van der Waals surface area contributed by atoms with E-state index in [4.69, 9.17) is 4.74 Å². The highest BCUT2D eigenvalue weighted by Gasteiger charge is 2.43. The summed E-state index contributed by atoms with van der Waals surface area (Å²) in [5.74, 6) is 2.21. The Morgan fingerprint density at radius 1 is 1.16 bits per heavy atom. The minimum absolute atomic E-state index is 0.119. The number of ether oxygens (including phenoxy) is 1. The van der Waals surface area contributed by atoms with Crippen molar-refractivity contribution in [2.24, 2.45) is 5.92 Å². The Balaban J connectivity index is 1.32. The fraction of sp³-hybridized carbons (Fsp3) is 0.452. The number of aliphatic hydroxyl groups is 1. The smallest absolute Gasteiger partial charge is 0.144 e. The number of nitrogens with zero attached hydrogens (tertiary/aromatic N) is 2. The molecule has 0 aliphatic heterocycles. The molecule has 6 nitrogen and oxygen atoms in total. The third-order valence-electron chi connectivity index (χ3n) is 7.72. The molecule has 194 valence electrons. The number of rotatable bonds is 9. The Bertz CT molecular complexity index is 1290. The normalized spacial score (nSPS) is 20.4. The zero-order chi connectivity index (χ0) is 26.3. The molecule has 1 aromatic heterocycles. The molecule has 2 aliphatic rings. The van der Waals surface area contributed by atoms with Crippen LogP contribution in [0.4, 0.5) is 5.82 Å². The fourth-order valence-corrected chi connectivity index (χ4v) is 5.64. The van der Waals surface area contributed by atoms with E-state index in [-0.39, 0.29) is 23.7 Å². The maximum absolute atomic E-state index is 11.6. The van der Waals surface area contributed by atoms with E-state index >= 15 is 0 Å². The molecule has 3 aromatic rings. The van der Waals surface area contributed by atoms with Gasteiger partial charge in [0.25, 0.3) is 0 Å². The van der Waals surface area contributed by atoms with Gasteiger partial charge in [-0.15, -0.1) is 0 Å². The second-order valence-electron chi connectivity index (χ2n) is 11.3. The molecule has 2 N–H and O–H groups in total. The second-order valence-corrected chi connectivity index (χ2v) is 11.3. The predicted molar refractivity (Wildman–Crippen MR) is 146 cm³/mol. The third kappa shape index (κ3) is 5.54. The van der Waals surface area contributed by atoms with Gasteiger partial charge in [-0.2, -0.15) is 0 Å². The summed E-state index contributed by atoms with van der Waals surface area (Å²) in [6, 6.07) is 11.0. The third-order valence-corrected chi connectivity index (χ3v) is 7.72. The van der Waals surface area contributed by atoms with Gasteiger partial charge in [0, 0.05) is 18.3 Å². The fourth-order valence-electron chi connectivity index (χ4n) is 5.64. The number of anilines is 1. The van der Waals surface area contributed by atoms with Crippen molar-refractivity contribution in [2.75, 3.05) is 11.9 Å². The van der Waals surface area contributed by atoms with E-state index in [9.17, 15) is 9.90 Å². The summed E-state index contributed by atoms with van der Waals surface area (Å²) in [7, 11) is 0. The van der Waals surface area contributed by atoms with Gasteiger partial charge in [0.05, 0.1) is 36.3 Å². The van der Waals surface area contributed by atoms with Crippen LogP contribution in [0.1, 0.15) is 79.9 Å². The molecule has 0 bridgehead atoms. The second kappa shape index (κ2) is 9.90. The average Bonchev–Trinajstić information content (AvgIpc) is 3.53. The lowest BCUT2D eigenvalue weighted by molar-refractivity contribution is -0.118. The molecular formula is C31H37N3O3. The van der Waals surface area contributed by atoms with E-state index in [2.05, 4.69) is 59.5 Å². The number of hydrogen-bond donors (Lipinski definition) is 2. The van der Waals surface area contributed by atoms with Crippen LogP contribution in [-0.2, 0) is 11.2 Å². The molecule has 0 amide bonds. The van der Waals surface area contributed by atoms with Crippen LogP contribution in [0.25, 0.3) is 11.1 Å².